The summed E-state index contributed by atoms with van der Waals surface area (Å²) in [6.45, 7) is 0.941. The lowest BCUT2D eigenvalue weighted by Crippen LogP contribution is -2.40. The maximum absolute atomic E-state index is 12.4. The van der Waals surface area contributed by atoms with Crippen LogP contribution in [0, 0.1) is 0 Å². The number of carbonyl (C=O) groups excluding carboxylic acids is 1. The molecule has 0 atom stereocenters. The van der Waals surface area contributed by atoms with Crippen molar-refractivity contribution in [1.29, 1.82) is 0 Å². The van der Waals surface area contributed by atoms with Gasteiger partial charge in [-0.05, 0) is 12.1 Å². The van der Waals surface area contributed by atoms with Gasteiger partial charge in [0.15, 0.2) is 0 Å². The normalized spacial score (nSPS) is 17.2. The Hall–Kier alpha value is -2.18. The van der Waals surface area contributed by atoms with E-state index in [-0.39, 0.29) is 5.84 Å². The SMILES string of the molecule is O=C(CC1=Nc2ccccc2C2=NCCN12)C(F)(F)F. The second-order valence-corrected chi connectivity index (χ2v) is 4.50. The van der Waals surface area contributed by atoms with Gasteiger partial charge in [-0.15, -0.1) is 0 Å². The number of fused-ring (bicyclic) bond motifs is 3. The molecular formula is C13H10F3N3O. The van der Waals surface area contributed by atoms with Crippen molar-refractivity contribution in [1.82, 2.24) is 4.90 Å². The number of carbonyl (C=O) groups is 1. The minimum Gasteiger partial charge on any atom is -0.312 e. The number of aliphatic imine (C=N–C) groups is 2. The summed E-state index contributed by atoms with van der Waals surface area (Å²) in [5.74, 6) is -1.08. The highest BCUT2D eigenvalue weighted by Crippen LogP contribution is 2.30. The molecule has 0 saturated carbocycles. The number of amidine groups is 2. The molecule has 0 aromatic heterocycles. The van der Waals surface area contributed by atoms with Gasteiger partial charge in [0.25, 0.3) is 0 Å². The summed E-state index contributed by atoms with van der Waals surface area (Å²) in [6.07, 6.45) is -5.59. The number of rotatable bonds is 2. The van der Waals surface area contributed by atoms with E-state index in [2.05, 4.69) is 9.98 Å². The number of para-hydroxylation sites is 1. The smallest absolute Gasteiger partial charge is 0.312 e. The molecular weight excluding hydrogens is 271 g/mol. The van der Waals surface area contributed by atoms with E-state index < -0.39 is 18.4 Å². The Labute approximate surface area is 112 Å². The Kier molecular flexibility index (Phi) is 2.84. The molecule has 0 aliphatic carbocycles. The van der Waals surface area contributed by atoms with Crippen LogP contribution in [0.25, 0.3) is 0 Å². The van der Waals surface area contributed by atoms with Crippen LogP contribution in [-0.2, 0) is 4.79 Å². The van der Waals surface area contributed by atoms with E-state index >= 15 is 0 Å². The van der Waals surface area contributed by atoms with Gasteiger partial charge in [-0.25, -0.2) is 4.99 Å². The lowest BCUT2D eigenvalue weighted by Gasteiger charge is -2.27. The van der Waals surface area contributed by atoms with Gasteiger partial charge >= 0.3 is 6.18 Å². The molecule has 2 heterocycles. The molecule has 0 bridgehead atoms. The molecule has 0 unspecified atom stereocenters. The Bertz CT molecular complexity index is 634. The number of ketones is 1. The van der Waals surface area contributed by atoms with Crippen LogP contribution in [0.5, 0.6) is 0 Å². The van der Waals surface area contributed by atoms with E-state index in [0.717, 1.165) is 5.56 Å². The highest BCUT2D eigenvalue weighted by atomic mass is 19.4. The van der Waals surface area contributed by atoms with Crippen LogP contribution in [0.2, 0.25) is 0 Å². The third kappa shape index (κ3) is 2.09. The summed E-state index contributed by atoms with van der Waals surface area (Å²) in [4.78, 5) is 21.2. The van der Waals surface area contributed by atoms with Crippen LogP contribution in [0.4, 0.5) is 18.9 Å². The first-order chi connectivity index (χ1) is 9.47. The molecule has 7 heteroatoms. The quantitative estimate of drug-likeness (QED) is 0.835. The molecule has 0 fully saturated rings. The minimum atomic E-state index is -4.84. The van der Waals surface area contributed by atoms with Crippen molar-refractivity contribution in [3.8, 4) is 0 Å². The first-order valence-electron chi connectivity index (χ1n) is 6.06. The molecule has 20 heavy (non-hydrogen) atoms. The number of nitrogens with zero attached hydrogens (tertiary/aromatic N) is 3. The van der Waals surface area contributed by atoms with Crippen molar-refractivity contribution < 1.29 is 18.0 Å². The predicted octanol–water partition coefficient (Wildman–Crippen LogP) is 2.31. The van der Waals surface area contributed by atoms with Crippen molar-refractivity contribution in [2.45, 2.75) is 12.6 Å². The molecule has 2 aliphatic rings. The number of hydrogen-bond donors (Lipinski definition) is 0. The van der Waals surface area contributed by atoms with Gasteiger partial charge in [-0.1, -0.05) is 12.1 Å². The average Bonchev–Trinajstić information content (AvgIpc) is 2.87. The number of alkyl halides is 3. The number of hydrogen-bond acceptors (Lipinski definition) is 4. The Morgan fingerprint density at radius 2 is 2.05 bits per heavy atom. The Morgan fingerprint density at radius 3 is 2.80 bits per heavy atom. The largest absolute Gasteiger partial charge is 0.450 e. The number of benzene rings is 1. The summed E-state index contributed by atoms with van der Waals surface area (Å²) in [5, 5.41) is 0. The Morgan fingerprint density at radius 1 is 1.30 bits per heavy atom. The standard InChI is InChI=1S/C13H10F3N3O/c14-13(15,16)10(20)7-11-18-9-4-2-1-3-8(9)12-17-5-6-19(11)12/h1-4H,5-7H2. The topological polar surface area (TPSA) is 45.0 Å². The van der Waals surface area contributed by atoms with Crippen LogP contribution < -0.4 is 0 Å². The summed E-state index contributed by atoms with van der Waals surface area (Å²) >= 11 is 0. The molecule has 1 aromatic carbocycles. The van der Waals surface area contributed by atoms with Crippen molar-refractivity contribution in [3.63, 3.8) is 0 Å². The molecule has 3 rings (SSSR count). The summed E-state index contributed by atoms with van der Waals surface area (Å²) in [5.41, 5.74) is 1.34. The first-order valence-corrected chi connectivity index (χ1v) is 6.06. The van der Waals surface area contributed by atoms with E-state index in [4.69, 9.17) is 0 Å². The average molecular weight is 281 g/mol. The Balaban J connectivity index is 1.98. The van der Waals surface area contributed by atoms with Gasteiger partial charge in [0.2, 0.25) is 5.78 Å². The maximum atomic E-state index is 12.4. The molecule has 0 N–H and O–H groups in total. The second-order valence-electron chi connectivity index (χ2n) is 4.50. The fourth-order valence-electron chi connectivity index (χ4n) is 2.27. The van der Waals surface area contributed by atoms with Gasteiger partial charge < -0.3 is 4.90 Å². The fourth-order valence-corrected chi connectivity index (χ4v) is 2.27. The lowest BCUT2D eigenvalue weighted by atomic mass is 10.1. The summed E-state index contributed by atoms with van der Waals surface area (Å²) in [6, 6.07) is 7.08. The highest BCUT2D eigenvalue weighted by Gasteiger charge is 2.41. The minimum absolute atomic E-state index is 0.113. The van der Waals surface area contributed by atoms with E-state index in [1.807, 2.05) is 12.1 Å². The van der Waals surface area contributed by atoms with E-state index in [1.165, 1.54) is 0 Å². The molecule has 2 aliphatic heterocycles. The molecule has 0 saturated heterocycles. The van der Waals surface area contributed by atoms with Crippen molar-refractivity contribution in [2.24, 2.45) is 9.98 Å². The maximum Gasteiger partial charge on any atom is 0.450 e. The molecule has 4 nitrogen and oxygen atoms in total. The molecule has 104 valence electrons. The fraction of sp³-hybridized carbons (Fsp3) is 0.308. The van der Waals surface area contributed by atoms with Crippen LogP contribution in [0.1, 0.15) is 12.0 Å². The lowest BCUT2D eigenvalue weighted by molar-refractivity contribution is -0.169. The van der Waals surface area contributed by atoms with Gasteiger partial charge in [0.1, 0.15) is 11.7 Å². The van der Waals surface area contributed by atoms with Crippen LogP contribution in [0.3, 0.4) is 0 Å². The van der Waals surface area contributed by atoms with Crippen molar-refractivity contribution >= 4 is 23.1 Å². The zero-order chi connectivity index (χ0) is 14.3. The third-order valence-corrected chi connectivity index (χ3v) is 3.18. The van der Waals surface area contributed by atoms with Gasteiger partial charge in [-0.3, -0.25) is 9.79 Å². The third-order valence-electron chi connectivity index (χ3n) is 3.18. The first kappa shape index (κ1) is 12.8. The number of halogens is 3. The zero-order valence-electron chi connectivity index (χ0n) is 10.3. The van der Waals surface area contributed by atoms with E-state index in [1.54, 1.807) is 17.0 Å². The van der Waals surface area contributed by atoms with Crippen molar-refractivity contribution in [3.05, 3.63) is 29.8 Å². The van der Waals surface area contributed by atoms with Crippen LogP contribution in [0.15, 0.2) is 34.3 Å². The van der Waals surface area contributed by atoms with Gasteiger partial charge in [0, 0.05) is 12.1 Å². The predicted molar refractivity (Wildman–Crippen MR) is 67.3 cm³/mol. The molecule has 0 radical (unpaired) electrons. The van der Waals surface area contributed by atoms with Gasteiger partial charge in [-0.2, -0.15) is 13.2 Å². The summed E-state index contributed by atoms with van der Waals surface area (Å²) in [7, 11) is 0. The van der Waals surface area contributed by atoms with E-state index in [9.17, 15) is 18.0 Å². The number of Topliss-reactive ketones (excluding diaryl/α,β-unsaturated/α-hetero) is 1. The molecule has 1 aromatic rings. The van der Waals surface area contributed by atoms with Gasteiger partial charge in [0.05, 0.1) is 18.7 Å². The molecule has 0 amide bonds. The zero-order valence-corrected chi connectivity index (χ0v) is 10.3. The van der Waals surface area contributed by atoms with E-state index in [0.29, 0.717) is 24.6 Å². The summed E-state index contributed by atoms with van der Waals surface area (Å²) < 4.78 is 37.2. The van der Waals surface area contributed by atoms with Crippen LogP contribution in [-0.4, -0.2) is 41.6 Å². The molecule has 0 spiro atoms. The monoisotopic (exact) mass is 281 g/mol. The second kappa shape index (κ2) is 4.43. The van der Waals surface area contributed by atoms with Crippen LogP contribution >= 0.6 is 0 Å². The highest BCUT2D eigenvalue weighted by molar-refractivity contribution is 6.19. The van der Waals surface area contributed by atoms with Crippen molar-refractivity contribution in [2.75, 3.05) is 13.1 Å².